The summed E-state index contributed by atoms with van der Waals surface area (Å²) in [6.07, 6.45) is 2.51. The molecule has 0 saturated heterocycles. The molecule has 1 heterocycles. The van der Waals surface area contributed by atoms with Crippen molar-refractivity contribution >= 4 is 35.2 Å². The summed E-state index contributed by atoms with van der Waals surface area (Å²) in [7, 11) is 0. The van der Waals surface area contributed by atoms with Gasteiger partial charge >= 0.3 is 5.97 Å². The number of aliphatic carboxylic acids is 1. The van der Waals surface area contributed by atoms with Crippen LogP contribution in [0.25, 0.3) is 6.08 Å². The number of amides is 1. The van der Waals surface area contributed by atoms with E-state index in [2.05, 4.69) is 14.9 Å². The van der Waals surface area contributed by atoms with Crippen molar-refractivity contribution in [3.05, 3.63) is 46.5 Å². The number of carboxylic acid groups (broad SMARTS) is 1. The zero-order valence-corrected chi connectivity index (χ0v) is 11.3. The van der Waals surface area contributed by atoms with E-state index in [1.54, 1.807) is 17.5 Å². The number of carbonyl (C=O) groups excluding carboxylic acids is 1. The van der Waals surface area contributed by atoms with Gasteiger partial charge in [0, 0.05) is 17.1 Å². The average molecular weight is 289 g/mol. The van der Waals surface area contributed by atoms with Gasteiger partial charge in [-0.15, -0.1) is 5.10 Å². The van der Waals surface area contributed by atoms with Crippen LogP contribution in [0.1, 0.15) is 21.6 Å². The van der Waals surface area contributed by atoms with E-state index < -0.39 is 5.97 Å². The maximum absolute atomic E-state index is 11.8. The van der Waals surface area contributed by atoms with Crippen LogP contribution < -0.4 is 5.32 Å². The van der Waals surface area contributed by atoms with Crippen LogP contribution in [0.15, 0.2) is 29.7 Å². The number of aryl methyl sites for hydroxylation is 1. The average Bonchev–Trinajstić information content (AvgIpc) is 2.89. The number of nitrogens with one attached hydrogen (secondary N) is 1. The number of nitrogens with zero attached hydrogens (tertiary/aromatic N) is 2. The first-order chi connectivity index (χ1) is 9.54. The Bertz CT molecular complexity index is 666. The molecule has 6 nitrogen and oxygen atoms in total. The summed E-state index contributed by atoms with van der Waals surface area (Å²) >= 11 is 1.10. The second kappa shape index (κ2) is 6.07. The molecule has 0 unspecified atom stereocenters. The first-order valence-corrected chi connectivity index (χ1v) is 6.49. The van der Waals surface area contributed by atoms with Crippen LogP contribution in [-0.4, -0.2) is 26.6 Å². The summed E-state index contributed by atoms with van der Waals surface area (Å²) in [6, 6.07) is 5.29. The Labute approximate surface area is 118 Å². The predicted octanol–water partition coefficient (Wildman–Crippen LogP) is 2.20. The van der Waals surface area contributed by atoms with Gasteiger partial charge in [-0.3, -0.25) is 4.79 Å². The third kappa shape index (κ3) is 3.72. The molecule has 0 aliphatic rings. The summed E-state index contributed by atoms with van der Waals surface area (Å²) in [5, 5.41) is 16.5. The normalized spacial score (nSPS) is 10.7. The molecule has 20 heavy (non-hydrogen) atoms. The van der Waals surface area contributed by atoms with Crippen molar-refractivity contribution in [2.75, 3.05) is 5.32 Å². The van der Waals surface area contributed by atoms with Gasteiger partial charge in [-0.1, -0.05) is 10.6 Å². The highest BCUT2D eigenvalue weighted by Crippen LogP contribution is 2.16. The lowest BCUT2D eigenvalue weighted by Gasteiger charge is -2.06. The molecule has 0 aliphatic carbocycles. The number of aromatic nitrogens is 2. The highest BCUT2D eigenvalue weighted by molar-refractivity contribution is 7.03. The third-order valence-electron chi connectivity index (χ3n) is 2.37. The number of hydrogen-bond acceptors (Lipinski definition) is 5. The van der Waals surface area contributed by atoms with Gasteiger partial charge in [-0.25, -0.2) is 4.79 Å². The van der Waals surface area contributed by atoms with Crippen molar-refractivity contribution in [3.63, 3.8) is 0 Å². The van der Waals surface area contributed by atoms with Crippen molar-refractivity contribution in [3.8, 4) is 0 Å². The van der Waals surface area contributed by atoms with Crippen LogP contribution in [0.4, 0.5) is 5.69 Å². The van der Waals surface area contributed by atoms with E-state index >= 15 is 0 Å². The molecule has 0 spiro atoms. The zero-order valence-electron chi connectivity index (χ0n) is 10.5. The molecule has 1 aromatic heterocycles. The number of hydrogen-bond donors (Lipinski definition) is 2. The van der Waals surface area contributed by atoms with E-state index in [1.807, 2.05) is 13.0 Å². The molecule has 0 saturated carbocycles. The lowest BCUT2D eigenvalue weighted by Crippen LogP contribution is -2.12. The lowest BCUT2D eigenvalue weighted by molar-refractivity contribution is -0.131. The Morgan fingerprint density at radius 2 is 2.15 bits per heavy atom. The Kier molecular flexibility index (Phi) is 4.21. The quantitative estimate of drug-likeness (QED) is 0.842. The summed E-state index contributed by atoms with van der Waals surface area (Å²) in [5.41, 5.74) is 2.43. The number of carbonyl (C=O) groups is 2. The summed E-state index contributed by atoms with van der Waals surface area (Å²) in [5.74, 6) is -1.37. The first-order valence-electron chi connectivity index (χ1n) is 5.66. The van der Waals surface area contributed by atoms with Crippen LogP contribution in [-0.2, 0) is 4.79 Å². The summed E-state index contributed by atoms with van der Waals surface area (Å²) in [4.78, 5) is 22.3. The molecule has 0 bridgehead atoms. The van der Waals surface area contributed by atoms with Gasteiger partial charge in [0.25, 0.3) is 5.91 Å². The number of benzene rings is 1. The molecule has 2 rings (SSSR count). The highest BCUT2D eigenvalue weighted by atomic mass is 32.1. The van der Waals surface area contributed by atoms with Gasteiger partial charge in [-0.2, -0.15) is 0 Å². The van der Waals surface area contributed by atoms with E-state index in [-0.39, 0.29) is 11.6 Å². The van der Waals surface area contributed by atoms with Gasteiger partial charge in [0.15, 0.2) is 5.69 Å². The van der Waals surface area contributed by atoms with Crippen molar-refractivity contribution < 1.29 is 14.7 Å². The van der Waals surface area contributed by atoms with Crippen molar-refractivity contribution in [2.24, 2.45) is 0 Å². The Morgan fingerprint density at radius 3 is 2.80 bits per heavy atom. The minimum absolute atomic E-state index is 0.249. The summed E-state index contributed by atoms with van der Waals surface area (Å²) in [6.45, 7) is 1.86. The molecule has 2 aromatic rings. The van der Waals surface area contributed by atoms with E-state index in [1.165, 1.54) is 6.08 Å². The van der Waals surface area contributed by atoms with Gasteiger partial charge < -0.3 is 10.4 Å². The fraction of sp³-hybridized carbons (Fsp3) is 0.0769. The molecular weight excluding hydrogens is 278 g/mol. The van der Waals surface area contributed by atoms with E-state index in [0.29, 0.717) is 11.3 Å². The predicted molar refractivity (Wildman–Crippen MR) is 75.7 cm³/mol. The topological polar surface area (TPSA) is 92.2 Å². The Balaban J connectivity index is 2.20. The second-order valence-corrected chi connectivity index (χ2v) is 4.66. The fourth-order valence-electron chi connectivity index (χ4n) is 1.61. The summed E-state index contributed by atoms with van der Waals surface area (Å²) < 4.78 is 3.62. The molecule has 1 aromatic carbocycles. The monoisotopic (exact) mass is 289 g/mol. The van der Waals surface area contributed by atoms with E-state index in [9.17, 15) is 9.59 Å². The van der Waals surface area contributed by atoms with Crippen LogP contribution in [0.2, 0.25) is 0 Å². The van der Waals surface area contributed by atoms with E-state index in [0.717, 1.165) is 23.2 Å². The van der Waals surface area contributed by atoms with Gasteiger partial charge in [0.1, 0.15) is 0 Å². The molecule has 0 aliphatic heterocycles. The Hall–Kier alpha value is -2.54. The molecule has 0 fully saturated rings. The molecule has 102 valence electrons. The molecular formula is C13H11N3O3S. The number of anilines is 1. The Morgan fingerprint density at radius 1 is 1.35 bits per heavy atom. The highest BCUT2D eigenvalue weighted by Gasteiger charge is 2.09. The molecule has 0 radical (unpaired) electrons. The van der Waals surface area contributed by atoms with Crippen molar-refractivity contribution in [1.29, 1.82) is 0 Å². The molecule has 1 amide bonds. The first kappa shape index (κ1) is 13.9. The van der Waals surface area contributed by atoms with Crippen LogP contribution in [0.5, 0.6) is 0 Å². The maximum atomic E-state index is 11.8. The van der Waals surface area contributed by atoms with Crippen molar-refractivity contribution in [1.82, 2.24) is 9.59 Å². The fourth-order valence-corrected chi connectivity index (χ4v) is 2.04. The maximum Gasteiger partial charge on any atom is 0.328 e. The van der Waals surface area contributed by atoms with E-state index in [4.69, 9.17) is 5.11 Å². The van der Waals surface area contributed by atoms with Gasteiger partial charge in [-0.05, 0) is 47.8 Å². The molecule has 0 atom stereocenters. The van der Waals surface area contributed by atoms with Crippen LogP contribution in [0, 0.1) is 6.92 Å². The van der Waals surface area contributed by atoms with Crippen LogP contribution >= 0.6 is 11.5 Å². The van der Waals surface area contributed by atoms with Crippen molar-refractivity contribution in [2.45, 2.75) is 6.92 Å². The standard InChI is InChI=1S/C13H11N3O3S/c1-8-4-9(2-3-12(17)18)6-10(5-8)14-13(19)11-7-20-16-15-11/h2-7H,1H3,(H,14,19)(H,17,18)/b3-2+. The third-order valence-corrected chi connectivity index (χ3v) is 2.87. The SMILES string of the molecule is Cc1cc(/C=C/C(=O)O)cc(NC(=O)c2csnn2)c1. The number of rotatable bonds is 4. The molecule has 7 heteroatoms. The van der Waals surface area contributed by atoms with Gasteiger partial charge in [0.2, 0.25) is 0 Å². The van der Waals surface area contributed by atoms with Gasteiger partial charge in [0.05, 0.1) is 0 Å². The minimum Gasteiger partial charge on any atom is -0.478 e. The lowest BCUT2D eigenvalue weighted by atomic mass is 10.1. The molecule has 2 N–H and O–H groups in total. The zero-order chi connectivity index (χ0) is 14.5. The minimum atomic E-state index is -1.02. The second-order valence-electron chi connectivity index (χ2n) is 4.05. The number of carboxylic acids is 1. The smallest absolute Gasteiger partial charge is 0.328 e. The van der Waals surface area contributed by atoms with Crippen LogP contribution in [0.3, 0.4) is 0 Å². The largest absolute Gasteiger partial charge is 0.478 e.